The number of rotatable bonds is 7. The summed E-state index contributed by atoms with van der Waals surface area (Å²) in [5.41, 5.74) is 1.14. The molecule has 0 bridgehead atoms. The normalized spacial score (nSPS) is 17.1. The van der Waals surface area contributed by atoms with E-state index in [0.717, 1.165) is 50.7 Å². The van der Waals surface area contributed by atoms with Crippen LogP contribution in [-0.2, 0) is 11.3 Å². The van der Waals surface area contributed by atoms with E-state index in [4.69, 9.17) is 15.9 Å². The molecule has 1 aliphatic rings. The zero-order chi connectivity index (χ0) is 14.9. The first-order valence-corrected chi connectivity index (χ1v) is 7.47. The van der Waals surface area contributed by atoms with Crippen LogP contribution in [0, 0.1) is 12.3 Å². The Bertz CT molecular complexity index is 464. The van der Waals surface area contributed by atoms with Crippen LogP contribution >= 0.6 is 0 Å². The van der Waals surface area contributed by atoms with Gasteiger partial charge in [-0.1, -0.05) is 24.1 Å². The summed E-state index contributed by atoms with van der Waals surface area (Å²) in [7, 11) is 0. The topological polar surface area (TPSA) is 33.7 Å². The van der Waals surface area contributed by atoms with Crippen LogP contribution in [0.5, 0.6) is 5.75 Å². The highest BCUT2D eigenvalue weighted by Crippen LogP contribution is 2.17. The maximum atomic E-state index is 5.57. The fraction of sp³-hybridized carbons (Fsp3) is 0.529. The Labute approximate surface area is 127 Å². The van der Waals surface area contributed by atoms with Crippen LogP contribution in [0.1, 0.15) is 12.5 Å². The molecule has 1 N–H and O–H groups in total. The number of terminal acetylenes is 1. The molecule has 4 heteroatoms. The molecule has 0 saturated carbocycles. The fourth-order valence-corrected chi connectivity index (χ4v) is 2.43. The molecule has 0 amide bonds. The number of morpholine rings is 1. The molecule has 1 aromatic carbocycles. The van der Waals surface area contributed by atoms with Gasteiger partial charge < -0.3 is 14.8 Å². The number of nitrogens with zero attached hydrogens (tertiary/aromatic N) is 1. The Morgan fingerprint density at radius 1 is 1.38 bits per heavy atom. The summed E-state index contributed by atoms with van der Waals surface area (Å²) >= 11 is 0. The SMILES string of the molecule is C#CCOc1ccccc1CNC(C)CN1CCOCC1. The van der Waals surface area contributed by atoms with Crippen LogP contribution in [0.25, 0.3) is 0 Å². The van der Waals surface area contributed by atoms with Crippen molar-refractivity contribution < 1.29 is 9.47 Å². The average molecular weight is 288 g/mol. The largest absolute Gasteiger partial charge is 0.481 e. The van der Waals surface area contributed by atoms with Crippen LogP contribution in [-0.4, -0.2) is 50.4 Å². The first kappa shape index (κ1) is 15.8. The van der Waals surface area contributed by atoms with Gasteiger partial charge in [0.15, 0.2) is 0 Å². The van der Waals surface area contributed by atoms with E-state index in [1.54, 1.807) is 0 Å². The Hall–Kier alpha value is -1.54. The van der Waals surface area contributed by atoms with E-state index in [9.17, 15) is 0 Å². The molecule has 1 aromatic rings. The molecule has 0 spiro atoms. The molecule has 0 aliphatic carbocycles. The minimum absolute atomic E-state index is 0.306. The van der Waals surface area contributed by atoms with Crippen molar-refractivity contribution in [2.24, 2.45) is 0 Å². The summed E-state index contributed by atoms with van der Waals surface area (Å²) in [6.45, 7) is 8.07. The number of hydrogen-bond acceptors (Lipinski definition) is 4. The van der Waals surface area contributed by atoms with Gasteiger partial charge in [-0.25, -0.2) is 0 Å². The van der Waals surface area contributed by atoms with Crippen molar-refractivity contribution >= 4 is 0 Å². The van der Waals surface area contributed by atoms with Crippen molar-refractivity contribution in [3.05, 3.63) is 29.8 Å². The second-order valence-electron chi connectivity index (χ2n) is 5.30. The molecule has 114 valence electrons. The van der Waals surface area contributed by atoms with Crippen molar-refractivity contribution in [3.8, 4) is 18.1 Å². The highest BCUT2D eigenvalue weighted by atomic mass is 16.5. The summed E-state index contributed by atoms with van der Waals surface area (Å²) < 4.78 is 10.9. The maximum Gasteiger partial charge on any atom is 0.148 e. The maximum absolute atomic E-state index is 5.57. The molecular formula is C17H24N2O2. The predicted molar refractivity (Wildman–Crippen MR) is 84.3 cm³/mol. The third-order valence-corrected chi connectivity index (χ3v) is 3.56. The number of ether oxygens (including phenoxy) is 2. The summed E-state index contributed by atoms with van der Waals surface area (Å²) in [4.78, 5) is 2.43. The molecule has 2 rings (SSSR count). The first-order chi connectivity index (χ1) is 10.3. The van der Waals surface area contributed by atoms with E-state index in [-0.39, 0.29) is 0 Å². The van der Waals surface area contributed by atoms with E-state index < -0.39 is 0 Å². The highest BCUT2D eigenvalue weighted by molar-refractivity contribution is 5.33. The number of hydrogen-bond donors (Lipinski definition) is 1. The minimum atomic E-state index is 0.306. The third kappa shape index (κ3) is 5.39. The standard InChI is InChI=1S/C17H24N2O2/c1-3-10-21-17-7-5-4-6-16(17)13-18-15(2)14-19-8-11-20-12-9-19/h1,4-7,15,18H,8-14H2,2H3. The molecular weight excluding hydrogens is 264 g/mol. The van der Waals surface area contributed by atoms with E-state index in [2.05, 4.69) is 29.1 Å². The van der Waals surface area contributed by atoms with Crippen molar-refractivity contribution in [2.75, 3.05) is 39.5 Å². The van der Waals surface area contributed by atoms with Gasteiger partial charge in [-0.3, -0.25) is 4.90 Å². The summed E-state index contributed by atoms with van der Waals surface area (Å²) in [6.07, 6.45) is 5.25. The average Bonchev–Trinajstić information content (AvgIpc) is 2.52. The molecule has 1 unspecified atom stereocenters. The van der Waals surface area contributed by atoms with Gasteiger partial charge in [0.2, 0.25) is 0 Å². The van der Waals surface area contributed by atoms with E-state index >= 15 is 0 Å². The van der Waals surface area contributed by atoms with Gasteiger partial charge in [0.25, 0.3) is 0 Å². The van der Waals surface area contributed by atoms with Crippen molar-refractivity contribution in [3.63, 3.8) is 0 Å². The molecule has 21 heavy (non-hydrogen) atoms. The zero-order valence-electron chi connectivity index (χ0n) is 12.7. The quantitative estimate of drug-likeness (QED) is 0.771. The van der Waals surface area contributed by atoms with Gasteiger partial charge in [0.1, 0.15) is 12.4 Å². The van der Waals surface area contributed by atoms with E-state index in [1.807, 2.05) is 18.2 Å². The molecule has 1 saturated heterocycles. The Balaban J connectivity index is 1.80. The van der Waals surface area contributed by atoms with Crippen LogP contribution < -0.4 is 10.1 Å². The second-order valence-corrected chi connectivity index (χ2v) is 5.30. The lowest BCUT2D eigenvalue weighted by molar-refractivity contribution is 0.0343. The van der Waals surface area contributed by atoms with Gasteiger partial charge in [-0.05, 0) is 13.0 Å². The summed E-state index contributed by atoms with van der Waals surface area (Å²) in [5.74, 6) is 3.36. The molecule has 1 atom stereocenters. The lowest BCUT2D eigenvalue weighted by Crippen LogP contribution is -2.44. The molecule has 1 aliphatic heterocycles. The lowest BCUT2D eigenvalue weighted by atomic mass is 10.2. The molecule has 4 nitrogen and oxygen atoms in total. The van der Waals surface area contributed by atoms with Crippen LogP contribution in [0.3, 0.4) is 0 Å². The van der Waals surface area contributed by atoms with E-state index in [1.165, 1.54) is 0 Å². The fourth-order valence-electron chi connectivity index (χ4n) is 2.43. The monoisotopic (exact) mass is 288 g/mol. The zero-order valence-corrected chi connectivity index (χ0v) is 12.7. The second kappa shape index (κ2) is 8.68. The number of para-hydroxylation sites is 1. The smallest absolute Gasteiger partial charge is 0.148 e. The van der Waals surface area contributed by atoms with E-state index in [0.29, 0.717) is 12.6 Å². The van der Waals surface area contributed by atoms with Crippen LogP contribution in [0.4, 0.5) is 0 Å². The van der Waals surface area contributed by atoms with Crippen LogP contribution in [0.15, 0.2) is 24.3 Å². The van der Waals surface area contributed by atoms with Crippen molar-refractivity contribution in [1.82, 2.24) is 10.2 Å². The highest BCUT2D eigenvalue weighted by Gasteiger charge is 2.13. The van der Waals surface area contributed by atoms with Crippen LogP contribution in [0.2, 0.25) is 0 Å². The van der Waals surface area contributed by atoms with Crippen molar-refractivity contribution in [2.45, 2.75) is 19.5 Å². The number of nitrogens with one attached hydrogen (secondary N) is 1. The predicted octanol–water partition coefficient (Wildman–Crippen LogP) is 1.51. The minimum Gasteiger partial charge on any atom is -0.481 e. The first-order valence-electron chi connectivity index (χ1n) is 7.47. The van der Waals surface area contributed by atoms with Gasteiger partial charge in [-0.2, -0.15) is 0 Å². The third-order valence-electron chi connectivity index (χ3n) is 3.56. The van der Waals surface area contributed by atoms with Gasteiger partial charge in [0.05, 0.1) is 13.2 Å². The Morgan fingerprint density at radius 2 is 2.14 bits per heavy atom. The Kier molecular flexibility index (Phi) is 6.55. The van der Waals surface area contributed by atoms with Crippen molar-refractivity contribution in [1.29, 1.82) is 0 Å². The molecule has 0 radical (unpaired) electrons. The van der Waals surface area contributed by atoms with Gasteiger partial charge in [0, 0.05) is 37.8 Å². The van der Waals surface area contributed by atoms with Gasteiger partial charge in [-0.15, -0.1) is 6.42 Å². The summed E-state index contributed by atoms with van der Waals surface area (Å²) in [5, 5.41) is 3.55. The lowest BCUT2D eigenvalue weighted by Gasteiger charge is -2.29. The molecule has 0 aromatic heterocycles. The molecule has 1 fully saturated rings. The Morgan fingerprint density at radius 3 is 2.90 bits per heavy atom. The van der Waals surface area contributed by atoms with Gasteiger partial charge >= 0.3 is 0 Å². The molecule has 1 heterocycles. The summed E-state index contributed by atoms with van der Waals surface area (Å²) in [6, 6.07) is 8.43. The number of benzene rings is 1.